The van der Waals surface area contributed by atoms with Gasteiger partial charge >= 0.3 is 0 Å². The fraction of sp³-hybridized carbons (Fsp3) is 0.240. The van der Waals surface area contributed by atoms with Gasteiger partial charge in [-0.15, -0.1) is 0 Å². The highest BCUT2D eigenvalue weighted by molar-refractivity contribution is 6.34. The molecule has 2 aliphatic rings. The van der Waals surface area contributed by atoms with Crippen molar-refractivity contribution in [3.63, 3.8) is 0 Å². The lowest BCUT2D eigenvalue weighted by Gasteiger charge is -2.28. The Morgan fingerprint density at radius 1 is 0.346 bits per heavy atom. The molecule has 2 aliphatic carbocycles. The van der Waals surface area contributed by atoms with Crippen LogP contribution in [0.3, 0.4) is 0 Å². The van der Waals surface area contributed by atoms with Crippen LogP contribution in [0.4, 0.5) is 0 Å². The van der Waals surface area contributed by atoms with E-state index >= 15 is 0 Å². The highest BCUT2D eigenvalue weighted by Crippen LogP contribution is 2.55. The Balaban J connectivity index is 1.47. The summed E-state index contributed by atoms with van der Waals surface area (Å²) in [6.45, 7) is 0. The fourth-order valence-corrected chi connectivity index (χ4v) is 10.6. The summed E-state index contributed by atoms with van der Waals surface area (Å²) in [4.78, 5) is 0. The standard InChI is InChI=1S/C50H44N2/c1-3-21-35(22-4-1)51-43-31-13-11-27-41(43)47-46(40-30-16-20-34-18-8-10-26-38(34)40)50-48(42-28-12-14-32-44(42)52(50)36-23-5-2-6-24-36)45(49(47)51)39-29-15-19-33-17-7-9-25-37(33)39/h7-20,25-32,35-36H,1-6,21-24H2. The molecule has 0 amide bonds. The predicted octanol–water partition coefficient (Wildman–Crippen LogP) is 14.6. The van der Waals surface area contributed by atoms with Crippen molar-refractivity contribution in [2.45, 2.75) is 76.3 Å². The molecule has 0 saturated heterocycles. The molecule has 2 nitrogen and oxygen atoms in total. The van der Waals surface area contributed by atoms with Crippen molar-refractivity contribution in [3.8, 4) is 22.3 Å². The molecule has 0 atom stereocenters. The first-order chi connectivity index (χ1) is 25.9. The Morgan fingerprint density at radius 3 is 1.15 bits per heavy atom. The summed E-state index contributed by atoms with van der Waals surface area (Å²) in [5, 5.41) is 10.9. The molecule has 0 N–H and O–H groups in total. The van der Waals surface area contributed by atoms with Gasteiger partial charge in [0.1, 0.15) is 0 Å². The summed E-state index contributed by atoms with van der Waals surface area (Å²) >= 11 is 0. The third-order valence-corrected chi connectivity index (χ3v) is 12.8. The number of hydrogen-bond acceptors (Lipinski definition) is 0. The average molecular weight is 673 g/mol. The minimum atomic E-state index is 0.467. The van der Waals surface area contributed by atoms with Crippen LogP contribution in [-0.4, -0.2) is 9.13 Å². The lowest BCUT2D eigenvalue weighted by molar-refractivity contribution is 0.367. The number of fused-ring (bicyclic) bond motifs is 8. The van der Waals surface area contributed by atoms with Gasteiger partial charge in [0.05, 0.1) is 11.0 Å². The Hall–Kier alpha value is -5.34. The molecule has 11 rings (SSSR count). The lowest BCUT2D eigenvalue weighted by atomic mass is 9.86. The number of aromatic nitrogens is 2. The van der Waals surface area contributed by atoms with Crippen molar-refractivity contribution in [1.29, 1.82) is 0 Å². The van der Waals surface area contributed by atoms with E-state index in [1.54, 1.807) is 0 Å². The molecule has 0 spiro atoms. The molecule has 2 heteroatoms. The van der Waals surface area contributed by atoms with Crippen LogP contribution >= 0.6 is 0 Å². The highest BCUT2D eigenvalue weighted by Gasteiger charge is 2.32. The second-order valence-corrected chi connectivity index (χ2v) is 15.6. The summed E-state index contributed by atoms with van der Waals surface area (Å²) in [7, 11) is 0. The monoisotopic (exact) mass is 672 g/mol. The number of nitrogens with zero attached hydrogens (tertiary/aromatic N) is 2. The van der Waals surface area contributed by atoms with Gasteiger partial charge in [0.15, 0.2) is 0 Å². The van der Waals surface area contributed by atoms with Gasteiger partial charge in [-0.25, -0.2) is 0 Å². The fourth-order valence-electron chi connectivity index (χ4n) is 10.6. The molecule has 7 aromatic carbocycles. The summed E-state index contributed by atoms with van der Waals surface area (Å²) < 4.78 is 5.67. The molecule has 2 aromatic heterocycles. The molecule has 2 saturated carbocycles. The normalized spacial score (nSPS) is 16.3. The molecular weight excluding hydrogens is 629 g/mol. The zero-order valence-electron chi connectivity index (χ0n) is 29.8. The molecule has 0 radical (unpaired) electrons. The number of benzene rings is 7. The lowest BCUT2D eigenvalue weighted by Crippen LogP contribution is -2.14. The number of hydrogen-bond donors (Lipinski definition) is 0. The van der Waals surface area contributed by atoms with Crippen LogP contribution < -0.4 is 0 Å². The quantitative estimate of drug-likeness (QED) is 0.176. The summed E-state index contributed by atoms with van der Waals surface area (Å²) in [6, 6.07) is 51.9. The minimum absolute atomic E-state index is 0.467. The van der Waals surface area contributed by atoms with Crippen LogP contribution in [0.25, 0.3) is 87.4 Å². The Kier molecular flexibility index (Phi) is 7.07. The molecule has 2 heterocycles. The maximum absolute atomic E-state index is 2.84. The molecular formula is C50H44N2. The second kappa shape index (κ2) is 12.1. The summed E-state index contributed by atoms with van der Waals surface area (Å²) in [5.41, 5.74) is 11.1. The molecule has 2 fully saturated rings. The van der Waals surface area contributed by atoms with E-state index in [0.29, 0.717) is 12.1 Å². The first-order valence-corrected chi connectivity index (χ1v) is 19.8. The van der Waals surface area contributed by atoms with E-state index in [-0.39, 0.29) is 0 Å². The maximum atomic E-state index is 2.84. The first-order valence-electron chi connectivity index (χ1n) is 19.8. The number of rotatable bonds is 4. The summed E-state index contributed by atoms with van der Waals surface area (Å²) in [5.74, 6) is 0. The minimum Gasteiger partial charge on any atom is -0.337 e. The predicted molar refractivity (Wildman–Crippen MR) is 223 cm³/mol. The topological polar surface area (TPSA) is 9.86 Å². The van der Waals surface area contributed by atoms with E-state index in [1.165, 1.54) is 152 Å². The second-order valence-electron chi connectivity index (χ2n) is 15.6. The molecule has 9 aromatic rings. The SMILES string of the molecule is c1ccc2c(-c3c4c5ccccc5n(C5CCCCC5)c4c(-c4cccc5ccccc45)c4c5ccccc5n(C5CCCCC5)c34)cccc2c1. The Morgan fingerprint density at radius 2 is 0.712 bits per heavy atom. The smallest absolute Gasteiger partial charge is 0.0588 e. The van der Waals surface area contributed by atoms with Crippen LogP contribution in [-0.2, 0) is 0 Å². The van der Waals surface area contributed by atoms with Crippen molar-refractivity contribution in [2.75, 3.05) is 0 Å². The average Bonchev–Trinajstić information content (AvgIpc) is 3.74. The summed E-state index contributed by atoms with van der Waals surface area (Å²) in [6.07, 6.45) is 12.8. The largest absolute Gasteiger partial charge is 0.337 e. The number of para-hydroxylation sites is 2. The Bertz CT molecular complexity index is 2610. The van der Waals surface area contributed by atoms with Gasteiger partial charge in [-0.1, -0.05) is 160 Å². The van der Waals surface area contributed by atoms with Crippen LogP contribution in [0, 0.1) is 0 Å². The molecule has 0 aliphatic heterocycles. The van der Waals surface area contributed by atoms with E-state index in [9.17, 15) is 0 Å². The van der Waals surface area contributed by atoms with Gasteiger partial charge in [-0.2, -0.15) is 0 Å². The van der Waals surface area contributed by atoms with Crippen molar-refractivity contribution in [1.82, 2.24) is 9.13 Å². The van der Waals surface area contributed by atoms with Gasteiger partial charge in [-0.3, -0.25) is 0 Å². The first kappa shape index (κ1) is 30.3. The molecule has 52 heavy (non-hydrogen) atoms. The maximum Gasteiger partial charge on any atom is 0.0588 e. The zero-order valence-corrected chi connectivity index (χ0v) is 29.8. The van der Waals surface area contributed by atoms with Gasteiger partial charge in [0.2, 0.25) is 0 Å². The third kappa shape index (κ3) is 4.43. The van der Waals surface area contributed by atoms with Crippen LogP contribution in [0.5, 0.6) is 0 Å². The van der Waals surface area contributed by atoms with Crippen molar-refractivity contribution in [3.05, 3.63) is 133 Å². The van der Waals surface area contributed by atoms with E-state index < -0.39 is 0 Å². The third-order valence-electron chi connectivity index (χ3n) is 12.8. The Labute approximate surface area is 305 Å². The van der Waals surface area contributed by atoms with Gasteiger partial charge in [0, 0.05) is 55.8 Å². The van der Waals surface area contributed by atoms with Crippen molar-refractivity contribution < 1.29 is 0 Å². The molecule has 254 valence electrons. The van der Waals surface area contributed by atoms with Crippen LogP contribution in [0.15, 0.2) is 133 Å². The van der Waals surface area contributed by atoms with E-state index in [4.69, 9.17) is 0 Å². The van der Waals surface area contributed by atoms with Gasteiger partial charge in [-0.05, 0) is 70.5 Å². The van der Waals surface area contributed by atoms with E-state index in [0.717, 1.165) is 0 Å². The highest BCUT2D eigenvalue weighted by atomic mass is 15.0. The molecule has 0 bridgehead atoms. The van der Waals surface area contributed by atoms with Gasteiger partial charge < -0.3 is 9.13 Å². The van der Waals surface area contributed by atoms with E-state index in [2.05, 4.69) is 143 Å². The van der Waals surface area contributed by atoms with Crippen LogP contribution in [0.2, 0.25) is 0 Å². The van der Waals surface area contributed by atoms with Crippen LogP contribution in [0.1, 0.15) is 76.3 Å². The van der Waals surface area contributed by atoms with Gasteiger partial charge in [0.25, 0.3) is 0 Å². The van der Waals surface area contributed by atoms with Crippen molar-refractivity contribution >= 4 is 65.2 Å². The van der Waals surface area contributed by atoms with Crippen molar-refractivity contribution in [2.24, 2.45) is 0 Å². The zero-order chi connectivity index (χ0) is 34.2. The molecule has 0 unspecified atom stereocenters. The van der Waals surface area contributed by atoms with E-state index in [1.807, 2.05) is 0 Å².